The van der Waals surface area contributed by atoms with E-state index >= 15 is 0 Å². The molecule has 0 spiro atoms. The van der Waals surface area contributed by atoms with Crippen LogP contribution in [0.5, 0.6) is 0 Å². The predicted octanol–water partition coefficient (Wildman–Crippen LogP) is 2.93. The average molecular weight is 214 g/mol. The molecule has 1 N–H and O–H groups in total. The van der Waals surface area contributed by atoms with Crippen molar-refractivity contribution in [2.24, 2.45) is 5.92 Å². The summed E-state index contributed by atoms with van der Waals surface area (Å²) < 4.78 is 27.1. The molecule has 0 rings (SSSR count). The molecule has 0 saturated heterocycles. The quantitative estimate of drug-likeness (QED) is 0.578. The van der Waals surface area contributed by atoms with E-state index in [1.54, 1.807) is 13.1 Å². The van der Waals surface area contributed by atoms with Crippen molar-refractivity contribution in [3.63, 3.8) is 0 Å². The van der Waals surface area contributed by atoms with Gasteiger partial charge in [-0.25, -0.2) is 4.57 Å². The molecular weight excluding hydrogens is 198 g/mol. The fraction of sp³-hybridized carbons (Fsp3) is 1.00. The van der Waals surface area contributed by atoms with Gasteiger partial charge in [-0.15, -0.1) is 4.20 Å². The van der Waals surface area contributed by atoms with Gasteiger partial charge in [0.05, 0.1) is 0 Å². The van der Waals surface area contributed by atoms with Crippen molar-refractivity contribution in [1.29, 1.82) is 0 Å². The molecule has 0 aliphatic rings. The Hall–Kier alpha value is 0.297. The summed E-state index contributed by atoms with van der Waals surface area (Å²) in [5, 5.41) is 0. The molecule has 0 amide bonds. The van der Waals surface area contributed by atoms with Gasteiger partial charge in [-0.2, -0.15) is 0 Å². The summed E-state index contributed by atoms with van der Waals surface area (Å²) in [4.78, 5) is 8.37. The molecule has 12 heavy (non-hydrogen) atoms. The standard InChI is InChI=1S/C6H16FO3PSi/c1-6(2)5-12(3,4)10-11(7,8)9/h6H,5H2,1-4H3,(H,8,9). The smallest absolute Gasteiger partial charge is 0.327 e. The zero-order valence-electron chi connectivity index (χ0n) is 7.87. The van der Waals surface area contributed by atoms with Crippen molar-refractivity contribution in [1.82, 2.24) is 0 Å². The third-order valence-electron chi connectivity index (χ3n) is 1.26. The Kier molecular flexibility index (Phi) is 4.10. The zero-order valence-corrected chi connectivity index (χ0v) is 9.77. The van der Waals surface area contributed by atoms with E-state index in [1.165, 1.54) is 0 Å². The normalized spacial score (nSPS) is 17.9. The van der Waals surface area contributed by atoms with E-state index in [-0.39, 0.29) is 0 Å². The summed E-state index contributed by atoms with van der Waals surface area (Å²) in [7, 11) is -7.07. The topological polar surface area (TPSA) is 46.5 Å². The monoisotopic (exact) mass is 214 g/mol. The first kappa shape index (κ1) is 12.3. The Labute approximate surface area is 73.7 Å². The number of rotatable bonds is 4. The maximum absolute atomic E-state index is 12.3. The zero-order chi connectivity index (χ0) is 9.99. The van der Waals surface area contributed by atoms with Crippen LogP contribution in [0.1, 0.15) is 13.8 Å². The molecule has 0 radical (unpaired) electrons. The van der Waals surface area contributed by atoms with Crippen LogP contribution in [-0.2, 0) is 8.78 Å². The summed E-state index contributed by atoms with van der Waals surface area (Å²) in [6.07, 6.45) is 0. The molecule has 74 valence electrons. The van der Waals surface area contributed by atoms with E-state index in [2.05, 4.69) is 4.21 Å². The van der Waals surface area contributed by atoms with Gasteiger partial charge in [-0.3, -0.25) is 4.89 Å². The van der Waals surface area contributed by atoms with Crippen LogP contribution in [0.25, 0.3) is 0 Å². The number of hydrogen-bond donors (Lipinski definition) is 1. The summed E-state index contributed by atoms with van der Waals surface area (Å²) in [5.74, 6) is 0.359. The third-order valence-corrected chi connectivity index (χ3v) is 5.94. The molecular formula is C6H16FO3PSi. The van der Waals surface area contributed by atoms with Crippen molar-refractivity contribution in [3.8, 4) is 0 Å². The molecule has 0 aliphatic carbocycles. The molecule has 0 aliphatic heterocycles. The molecule has 0 aromatic rings. The van der Waals surface area contributed by atoms with Crippen LogP contribution in [0.2, 0.25) is 19.1 Å². The Morgan fingerprint density at radius 2 is 2.00 bits per heavy atom. The molecule has 0 aromatic heterocycles. The lowest BCUT2D eigenvalue weighted by atomic mass is 10.3. The highest BCUT2D eigenvalue weighted by Gasteiger charge is 2.33. The van der Waals surface area contributed by atoms with E-state index in [0.29, 0.717) is 12.0 Å². The van der Waals surface area contributed by atoms with Crippen LogP contribution < -0.4 is 0 Å². The molecule has 0 bridgehead atoms. The summed E-state index contributed by atoms with van der Waals surface area (Å²) in [6, 6.07) is 0.682. The molecule has 0 fully saturated rings. The summed E-state index contributed by atoms with van der Waals surface area (Å²) in [6.45, 7) is 7.40. The highest BCUT2D eigenvalue weighted by atomic mass is 31.2. The largest absolute Gasteiger partial charge is 0.500 e. The third kappa shape index (κ3) is 6.97. The van der Waals surface area contributed by atoms with E-state index in [1.807, 2.05) is 13.8 Å². The van der Waals surface area contributed by atoms with Crippen molar-refractivity contribution in [2.45, 2.75) is 33.0 Å². The van der Waals surface area contributed by atoms with Gasteiger partial charge in [0, 0.05) is 0 Å². The summed E-state index contributed by atoms with van der Waals surface area (Å²) >= 11 is 0. The highest BCUT2D eigenvalue weighted by Crippen LogP contribution is 2.47. The van der Waals surface area contributed by atoms with Gasteiger partial charge in [-0.05, 0) is 25.1 Å². The van der Waals surface area contributed by atoms with Crippen LogP contribution in [0.4, 0.5) is 4.20 Å². The Balaban J connectivity index is 4.14. The SMILES string of the molecule is CC(C)C[Si](C)(C)OP(=O)(O)F. The average Bonchev–Trinajstić information content (AvgIpc) is 1.48. The van der Waals surface area contributed by atoms with E-state index in [4.69, 9.17) is 4.89 Å². The van der Waals surface area contributed by atoms with Crippen molar-refractivity contribution in [2.75, 3.05) is 0 Å². The van der Waals surface area contributed by atoms with Gasteiger partial charge in [0.15, 0.2) is 0 Å². The van der Waals surface area contributed by atoms with Crippen molar-refractivity contribution in [3.05, 3.63) is 0 Å². The molecule has 1 atom stereocenters. The Bertz CT molecular complexity index is 189. The van der Waals surface area contributed by atoms with Gasteiger partial charge in [0.1, 0.15) is 0 Å². The fourth-order valence-corrected chi connectivity index (χ4v) is 6.03. The molecule has 3 nitrogen and oxygen atoms in total. The van der Waals surface area contributed by atoms with E-state index < -0.39 is 16.2 Å². The highest BCUT2D eigenvalue weighted by molar-refractivity contribution is 7.48. The van der Waals surface area contributed by atoms with E-state index in [9.17, 15) is 8.76 Å². The van der Waals surface area contributed by atoms with Gasteiger partial charge in [0.2, 0.25) is 8.32 Å². The lowest BCUT2D eigenvalue weighted by Crippen LogP contribution is -2.29. The van der Waals surface area contributed by atoms with Gasteiger partial charge >= 0.3 is 7.91 Å². The van der Waals surface area contributed by atoms with E-state index in [0.717, 1.165) is 0 Å². The first-order valence-corrected chi connectivity index (χ1v) is 8.44. The first-order chi connectivity index (χ1) is 5.12. The Morgan fingerprint density at radius 1 is 1.58 bits per heavy atom. The molecule has 0 heterocycles. The molecule has 1 unspecified atom stereocenters. The maximum Gasteiger partial charge on any atom is 0.500 e. The van der Waals surface area contributed by atoms with Gasteiger partial charge in [0.25, 0.3) is 0 Å². The summed E-state index contributed by atoms with van der Waals surface area (Å²) in [5.41, 5.74) is 0. The van der Waals surface area contributed by atoms with Crippen LogP contribution >= 0.6 is 7.91 Å². The lowest BCUT2D eigenvalue weighted by molar-refractivity contribution is 0.325. The Morgan fingerprint density at radius 3 is 2.25 bits per heavy atom. The van der Waals surface area contributed by atoms with Gasteiger partial charge < -0.3 is 4.21 Å². The van der Waals surface area contributed by atoms with Crippen LogP contribution in [0.3, 0.4) is 0 Å². The minimum atomic E-state index is -4.78. The first-order valence-electron chi connectivity index (χ1n) is 3.85. The van der Waals surface area contributed by atoms with Crippen molar-refractivity contribution < 1.29 is 17.9 Å². The lowest BCUT2D eigenvalue weighted by Gasteiger charge is -2.23. The fourth-order valence-electron chi connectivity index (χ4n) is 1.33. The molecule has 0 saturated carbocycles. The number of hydrogen-bond acceptors (Lipinski definition) is 2. The van der Waals surface area contributed by atoms with Crippen LogP contribution in [0, 0.1) is 5.92 Å². The minimum Gasteiger partial charge on any atom is -0.327 e. The second kappa shape index (κ2) is 4.00. The van der Waals surface area contributed by atoms with Crippen LogP contribution in [-0.4, -0.2) is 13.2 Å². The minimum absolute atomic E-state index is 0.359. The second-order valence-corrected chi connectivity index (χ2v) is 9.46. The van der Waals surface area contributed by atoms with Crippen molar-refractivity contribution >= 4 is 16.2 Å². The second-order valence-electron chi connectivity index (χ2n) is 3.90. The number of halogens is 1. The van der Waals surface area contributed by atoms with Gasteiger partial charge in [-0.1, -0.05) is 13.8 Å². The predicted molar refractivity (Wildman–Crippen MR) is 49.1 cm³/mol. The van der Waals surface area contributed by atoms with Crippen LogP contribution in [0.15, 0.2) is 0 Å². The maximum atomic E-state index is 12.3. The molecule has 0 aromatic carbocycles. The molecule has 6 heteroatoms.